The third-order valence-corrected chi connectivity index (χ3v) is 3.04. The van der Waals surface area contributed by atoms with Crippen LogP contribution in [0.3, 0.4) is 0 Å². The van der Waals surface area contributed by atoms with Gasteiger partial charge < -0.3 is 0 Å². The van der Waals surface area contributed by atoms with Crippen molar-refractivity contribution in [2.45, 2.75) is 25.5 Å². The minimum absolute atomic E-state index is 0.0219. The van der Waals surface area contributed by atoms with Gasteiger partial charge in [-0.05, 0) is 19.6 Å². The molecule has 1 unspecified atom stereocenters. The summed E-state index contributed by atoms with van der Waals surface area (Å²) in [4.78, 5) is 19.8. The van der Waals surface area contributed by atoms with Crippen molar-refractivity contribution >= 4 is 17.5 Å². The first-order valence-corrected chi connectivity index (χ1v) is 5.85. The first kappa shape index (κ1) is 11.2. The van der Waals surface area contributed by atoms with Gasteiger partial charge in [0.25, 0.3) is 0 Å². The Morgan fingerprint density at radius 1 is 1.64 bits per heavy atom. The molecular weight excluding hydrogens is 196 g/mol. The standard InChI is InChI=1S/C10H14N2OS/c1-4-9-8(5-11-6-12-9)10(13)7(2)14-3/h5-7H,4H2,1-3H3. The van der Waals surface area contributed by atoms with Crippen molar-refractivity contribution in [3.05, 3.63) is 23.8 Å². The summed E-state index contributed by atoms with van der Waals surface area (Å²) in [6.07, 6.45) is 5.79. The SMILES string of the molecule is CCc1ncncc1C(=O)C(C)SC. The lowest BCUT2D eigenvalue weighted by molar-refractivity contribution is 0.0992. The second-order valence-electron chi connectivity index (χ2n) is 2.98. The molecule has 1 rings (SSSR count). The third kappa shape index (κ3) is 2.32. The predicted molar refractivity (Wildman–Crippen MR) is 58.7 cm³/mol. The van der Waals surface area contributed by atoms with Crippen LogP contribution >= 0.6 is 11.8 Å². The van der Waals surface area contributed by atoms with E-state index in [1.54, 1.807) is 18.0 Å². The molecule has 3 nitrogen and oxygen atoms in total. The Hall–Kier alpha value is -0.900. The first-order valence-electron chi connectivity index (χ1n) is 4.56. The van der Waals surface area contributed by atoms with Crippen LogP contribution in [0.1, 0.15) is 29.9 Å². The van der Waals surface area contributed by atoms with E-state index < -0.39 is 0 Å². The van der Waals surface area contributed by atoms with Crippen molar-refractivity contribution in [3.63, 3.8) is 0 Å². The van der Waals surface area contributed by atoms with E-state index in [1.165, 1.54) is 6.33 Å². The number of ketones is 1. The van der Waals surface area contributed by atoms with E-state index in [0.717, 1.165) is 12.1 Å². The molecule has 14 heavy (non-hydrogen) atoms. The second-order valence-corrected chi connectivity index (χ2v) is 4.16. The average Bonchev–Trinajstić information content (AvgIpc) is 2.26. The van der Waals surface area contributed by atoms with E-state index in [0.29, 0.717) is 5.56 Å². The van der Waals surface area contributed by atoms with Crippen molar-refractivity contribution in [1.29, 1.82) is 0 Å². The van der Waals surface area contributed by atoms with Crippen molar-refractivity contribution < 1.29 is 4.79 Å². The predicted octanol–water partition coefficient (Wildman–Crippen LogP) is 1.97. The van der Waals surface area contributed by atoms with E-state index in [2.05, 4.69) is 9.97 Å². The van der Waals surface area contributed by atoms with Gasteiger partial charge in [0.05, 0.1) is 16.5 Å². The smallest absolute Gasteiger partial charge is 0.178 e. The number of aryl methyl sites for hydroxylation is 1. The molecule has 0 fully saturated rings. The molecule has 0 amide bonds. The summed E-state index contributed by atoms with van der Waals surface area (Å²) < 4.78 is 0. The number of thioether (sulfide) groups is 1. The fourth-order valence-corrected chi connectivity index (χ4v) is 1.51. The number of carbonyl (C=O) groups excluding carboxylic acids is 1. The minimum Gasteiger partial charge on any atom is -0.293 e. The molecule has 0 radical (unpaired) electrons. The molecule has 0 aliphatic carbocycles. The van der Waals surface area contributed by atoms with Gasteiger partial charge in [0, 0.05) is 6.20 Å². The quantitative estimate of drug-likeness (QED) is 0.713. The molecule has 1 aromatic heterocycles. The number of hydrogen-bond acceptors (Lipinski definition) is 4. The summed E-state index contributed by atoms with van der Waals surface area (Å²) in [7, 11) is 0. The summed E-state index contributed by atoms with van der Waals surface area (Å²) in [6, 6.07) is 0. The summed E-state index contributed by atoms with van der Waals surface area (Å²) in [5.74, 6) is 0.120. The topological polar surface area (TPSA) is 42.9 Å². The highest BCUT2D eigenvalue weighted by Gasteiger charge is 2.17. The van der Waals surface area contributed by atoms with Crippen LogP contribution in [0.2, 0.25) is 0 Å². The van der Waals surface area contributed by atoms with Gasteiger partial charge in [0.1, 0.15) is 6.33 Å². The Bertz CT molecular complexity index is 328. The maximum absolute atomic E-state index is 11.9. The van der Waals surface area contributed by atoms with Crippen LogP contribution in [0.5, 0.6) is 0 Å². The summed E-state index contributed by atoms with van der Waals surface area (Å²) in [6.45, 7) is 3.89. The monoisotopic (exact) mass is 210 g/mol. The second kappa shape index (κ2) is 5.10. The highest BCUT2D eigenvalue weighted by Crippen LogP contribution is 2.15. The van der Waals surface area contributed by atoms with Gasteiger partial charge in [-0.15, -0.1) is 0 Å². The van der Waals surface area contributed by atoms with Crippen LogP contribution in [-0.4, -0.2) is 27.3 Å². The molecule has 0 spiro atoms. The van der Waals surface area contributed by atoms with E-state index in [9.17, 15) is 4.79 Å². The molecule has 76 valence electrons. The highest BCUT2D eigenvalue weighted by molar-refractivity contribution is 7.99. The third-order valence-electron chi connectivity index (χ3n) is 2.12. The highest BCUT2D eigenvalue weighted by atomic mass is 32.2. The van der Waals surface area contributed by atoms with Gasteiger partial charge in [-0.1, -0.05) is 6.92 Å². The zero-order valence-corrected chi connectivity index (χ0v) is 9.47. The lowest BCUT2D eigenvalue weighted by Gasteiger charge is -2.08. The minimum atomic E-state index is -0.0219. The largest absolute Gasteiger partial charge is 0.293 e. The van der Waals surface area contributed by atoms with Gasteiger partial charge in [-0.25, -0.2) is 9.97 Å². The van der Waals surface area contributed by atoms with Crippen LogP contribution < -0.4 is 0 Å². The summed E-state index contributed by atoms with van der Waals surface area (Å²) in [5.41, 5.74) is 1.50. The maximum Gasteiger partial charge on any atom is 0.178 e. The fraction of sp³-hybridized carbons (Fsp3) is 0.500. The average molecular weight is 210 g/mol. The van der Waals surface area contributed by atoms with E-state index in [-0.39, 0.29) is 11.0 Å². The van der Waals surface area contributed by atoms with Gasteiger partial charge in [-0.2, -0.15) is 11.8 Å². The van der Waals surface area contributed by atoms with E-state index in [4.69, 9.17) is 0 Å². The van der Waals surface area contributed by atoms with Crippen LogP contribution in [0.4, 0.5) is 0 Å². The Morgan fingerprint density at radius 3 is 2.93 bits per heavy atom. The number of Topliss-reactive ketones (excluding diaryl/α,β-unsaturated/α-hetero) is 1. The maximum atomic E-state index is 11.9. The molecular formula is C10H14N2OS. The zero-order chi connectivity index (χ0) is 10.6. The van der Waals surface area contributed by atoms with Gasteiger partial charge in [0.2, 0.25) is 0 Å². The molecule has 1 heterocycles. The van der Waals surface area contributed by atoms with Gasteiger partial charge >= 0.3 is 0 Å². The molecule has 0 N–H and O–H groups in total. The normalized spacial score (nSPS) is 12.5. The Kier molecular flexibility index (Phi) is 4.07. The van der Waals surface area contributed by atoms with Crippen molar-refractivity contribution in [3.8, 4) is 0 Å². The molecule has 0 saturated carbocycles. The molecule has 0 aromatic carbocycles. The Balaban J connectivity index is 3.00. The number of rotatable bonds is 4. The molecule has 0 saturated heterocycles. The van der Waals surface area contributed by atoms with Gasteiger partial charge in [-0.3, -0.25) is 4.79 Å². The fourth-order valence-electron chi connectivity index (χ4n) is 1.17. The van der Waals surface area contributed by atoms with Crippen molar-refractivity contribution in [1.82, 2.24) is 9.97 Å². The lowest BCUT2D eigenvalue weighted by atomic mass is 10.1. The number of aromatic nitrogens is 2. The Labute approximate surface area is 88.3 Å². The van der Waals surface area contributed by atoms with Crippen LogP contribution in [-0.2, 0) is 6.42 Å². The molecule has 4 heteroatoms. The van der Waals surface area contributed by atoms with Crippen LogP contribution in [0, 0.1) is 0 Å². The van der Waals surface area contributed by atoms with Crippen molar-refractivity contribution in [2.24, 2.45) is 0 Å². The number of carbonyl (C=O) groups is 1. The summed E-state index contributed by atoms with van der Waals surface area (Å²) in [5, 5.41) is -0.0219. The number of hydrogen-bond donors (Lipinski definition) is 0. The van der Waals surface area contributed by atoms with Crippen LogP contribution in [0.25, 0.3) is 0 Å². The molecule has 0 bridgehead atoms. The van der Waals surface area contributed by atoms with E-state index >= 15 is 0 Å². The molecule has 1 aromatic rings. The van der Waals surface area contributed by atoms with Gasteiger partial charge in [0.15, 0.2) is 5.78 Å². The lowest BCUT2D eigenvalue weighted by Crippen LogP contribution is -2.16. The van der Waals surface area contributed by atoms with Crippen LogP contribution in [0.15, 0.2) is 12.5 Å². The summed E-state index contributed by atoms with van der Waals surface area (Å²) >= 11 is 1.54. The van der Waals surface area contributed by atoms with Crippen molar-refractivity contribution in [2.75, 3.05) is 6.26 Å². The molecule has 0 aliphatic rings. The molecule has 1 atom stereocenters. The van der Waals surface area contributed by atoms with E-state index in [1.807, 2.05) is 20.1 Å². The Morgan fingerprint density at radius 2 is 2.36 bits per heavy atom. The molecule has 0 aliphatic heterocycles. The number of nitrogens with zero attached hydrogens (tertiary/aromatic N) is 2. The first-order chi connectivity index (χ1) is 6.70. The zero-order valence-electron chi connectivity index (χ0n) is 8.65.